The number of ether oxygens (including phenoxy) is 2. The second kappa shape index (κ2) is 8.05. The van der Waals surface area contributed by atoms with E-state index >= 15 is 0 Å². The van der Waals surface area contributed by atoms with Crippen LogP contribution in [0.15, 0.2) is 47.5 Å². The molecule has 32 heavy (non-hydrogen) atoms. The first-order valence-electron chi connectivity index (χ1n) is 10.3. The van der Waals surface area contributed by atoms with Crippen molar-refractivity contribution in [3.8, 4) is 5.75 Å². The summed E-state index contributed by atoms with van der Waals surface area (Å²) in [5.74, 6) is 0.122. The van der Waals surface area contributed by atoms with E-state index in [1.54, 1.807) is 12.1 Å². The molecule has 10 heteroatoms. The molecule has 2 aliphatic rings. The highest BCUT2D eigenvalue weighted by atomic mass is 32.2. The third kappa shape index (κ3) is 3.56. The number of sulfonamides is 1. The van der Waals surface area contributed by atoms with E-state index < -0.39 is 15.9 Å². The fraction of sp³-hybridized carbons (Fsp3) is 0.273. The van der Waals surface area contributed by atoms with Crippen molar-refractivity contribution in [2.24, 2.45) is 5.73 Å². The molecule has 3 heterocycles. The highest BCUT2D eigenvalue weighted by molar-refractivity contribution is 7.89. The van der Waals surface area contributed by atoms with Crippen LogP contribution in [0, 0.1) is 0 Å². The van der Waals surface area contributed by atoms with Crippen molar-refractivity contribution in [3.05, 3.63) is 53.7 Å². The molecule has 3 aromatic rings. The zero-order chi connectivity index (χ0) is 22.3. The van der Waals surface area contributed by atoms with Gasteiger partial charge in [-0.05, 0) is 30.3 Å². The summed E-state index contributed by atoms with van der Waals surface area (Å²) in [5.41, 5.74) is 8.53. The molecule has 0 saturated carbocycles. The van der Waals surface area contributed by atoms with Crippen molar-refractivity contribution in [2.75, 3.05) is 38.2 Å². The Morgan fingerprint density at radius 2 is 1.94 bits per heavy atom. The van der Waals surface area contributed by atoms with Crippen molar-refractivity contribution in [3.63, 3.8) is 0 Å². The fourth-order valence-corrected chi connectivity index (χ4v) is 5.50. The Balaban J connectivity index is 1.65. The van der Waals surface area contributed by atoms with Gasteiger partial charge < -0.3 is 20.5 Å². The fourth-order valence-electron chi connectivity index (χ4n) is 4.06. The summed E-state index contributed by atoms with van der Waals surface area (Å²) < 4.78 is 38.7. The number of hydrogen-bond acceptors (Lipinski definition) is 7. The molecule has 0 spiro atoms. The van der Waals surface area contributed by atoms with Gasteiger partial charge >= 0.3 is 0 Å². The SMILES string of the molecule is NC(=O)c1cnc2ccc(S(=O)(=O)N3CCOCC3)cc2c1Nc1cccc2c1CCO2. The third-order valence-corrected chi connectivity index (χ3v) is 7.61. The van der Waals surface area contributed by atoms with Crippen LogP contribution in [0.25, 0.3) is 10.9 Å². The predicted octanol–water partition coefficient (Wildman–Crippen LogP) is 2.03. The number of benzene rings is 2. The number of primary amides is 1. The number of nitrogens with two attached hydrogens (primary N) is 1. The van der Waals surface area contributed by atoms with Gasteiger partial charge in [0.2, 0.25) is 10.0 Å². The molecule has 1 saturated heterocycles. The van der Waals surface area contributed by atoms with Gasteiger partial charge in [-0.15, -0.1) is 0 Å². The summed E-state index contributed by atoms with van der Waals surface area (Å²) in [4.78, 5) is 16.6. The van der Waals surface area contributed by atoms with E-state index in [1.807, 2.05) is 18.2 Å². The lowest BCUT2D eigenvalue weighted by atomic mass is 10.1. The molecule has 0 unspecified atom stereocenters. The Bertz CT molecular complexity index is 1320. The first kappa shape index (κ1) is 20.7. The second-order valence-corrected chi connectivity index (χ2v) is 9.55. The lowest BCUT2D eigenvalue weighted by Crippen LogP contribution is -2.40. The molecule has 0 atom stereocenters. The maximum atomic E-state index is 13.2. The number of fused-ring (bicyclic) bond motifs is 2. The number of anilines is 2. The molecule has 3 N–H and O–H groups in total. The summed E-state index contributed by atoms with van der Waals surface area (Å²) in [5, 5.41) is 3.80. The highest BCUT2D eigenvalue weighted by Crippen LogP contribution is 2.37. The number of carbonyl (C=O) groups excluding carboxylic acids is 1. The lowest BCUT2D eigenvalue weighted by Gasteiger charge is -2.26. The van der Waals surface area contributed by atoms with Gasteiger partial charge in [0, 0.05) is 42.3 Å². The number of amides is 1. The Morgan fingerprint density at radius 1 is 1.12 bits per heavy atom. The Hall–Kier alpha value is -3.21. The molecular formula is C22H22N4O5S. The molecule has 1 aromatic heterocycles. The minimum atomic E-state index is -3.72. The predicted molar refractivity (Wildman–Crippen MR) is 119 cm³/mol. The van der Waals surface area contributed by atoms with Gasteiger partial charge in [0.1, 0.15) is 5.75 Å². The molecule has 0 aliphatic carbocycles. The average Bonchev–Trinajstić information content (AvgIpc) is 3.29. The van der Waals surface area contributed by atoms with Crippen molar-refractivity contribution >= 4 is 38.2 Å². The number of nitrogens with zero attached hydrogens (tertiary/aromatic N) is 2. The summed E-state index contributed by atoms with van der Waals surface area (Å²) in [6.07, 6.45) is 2.13. The van der Waals surface area contributed by atoms with Crippen LogP contribution in [0.5, 0.6) is 5.75 Å². The van der Waals surface area contributed by atoms with Gasteiger partial charge in [-0.25, -0.2) is 8.42 Å². The van der Waals surface area contributed by atoms with E-state index in [0.29, 0.717) is 49.5 Å². The topological polar surface area (TPSA) is 124 Å². The quantitative estimate of drug-likeness (QED) is 0.604. The van der Waals surface area contributed by atoms with E-state index in [0.717, 1.165) is 23.4 Å². The number of aromatic nitrogens is 1. The maximum absolute atomic E-state index is 13.2. The van der Waals surface area contributed by atoms with Crippen molar-refractivity contribution in [1.29, 1.82) is 0 Å². The molecule has 0 radical (unpaired) electrons. The van der Waals surface area contributed by atoms with Gasteiger partial charge in [-0.2, -0.15) is 4.31 Å². The van der Waals surface area contributed by atoms with Gasteiger partial charge in [-0.1, -0.05) is 6.07 Å². The number of nitrogens with one attached hydrogen (secondary N) is 1. The van der Waals surface area contributed by atoms with E-state index in [1.165, 1.54) is 16.6 Å². The van der Waals surface area contributed by atoms with Crippen molar-refractivity contribution < 1.29 is 22.7 Å². The highest BCUT2D eigenvalue weighted by Gasteiger charge is 2.27. The molecule has 0 bridgehead atoms. The summed E-state index contributed by atoms with van der Waals surface area (Å²) in [6.45, 7) is 1.88. The van der Waals surface area contributed by atoms with Crippen LogP contribution < -0.4 is 15.8 Å². The van der Waals surface area contributed by atoms with E-state index in [9.17, 15) is 13.2 Å². The maximum Gasteiger partial charge on any atom is 0.252 e. The molecule has 2 aromatic carbocycles. The molecule has 5 rings (SSSR count). The van der Waals surface area contributed by atoms with Gasteiger partial charge in [0.25, 0.3) is 5.91 Å². The molecule has 1 fully saturated rings. The zero-order valence-corrected chi connectivity index (χ0v) is 18.0. The Kier molecular flexibility index (Phi) is 5.20. The number of hydrogen-bond donors (Lipinski definition) is 2. The van der Waals surface area contributed by atoms with E-state index in [2.05, 4.69) is 10.3 Å². The standard InChI is InChI=1S/C22H22N4O5S/c23-22(27)17-13-24-18-5-4-14(32(28,29)26-7-10-30-11-8-26)12-16(18)21(17)25-19-2-1-3-20-15(19)6-9-31-20/h1-5,12-13H,6-11H2,(H2,23,27)(H,24,25). The van der Waals surface area contributed by atoms with Crippen molar-refractivity contribution in [2.45, 2.75) is 11.3 Å². The van der Waals surface area contributed by atoms with Crippen LogP contribution in [-0.4, -0.2) is 56.5 Å². The number of carbonyl (C=O) groups is 1. The molecule has 9 nitrogen and oxygen atoms in total. The average molecular weight is 455 g/mol. The van der Waals surface area contributed by atoms with Crippen LogP contribution in [0.1, 0.15) is 15.9 Å². The van der Waals surface area contributed by atoms with Crippen LogP contribution >= 0.6 is 0 Å². The Labute approximate surface area is 185 Å². The zero-order valence-electron chi connectivity index (χ0n) is 17.2. The minimum absolute atomic E-state index is 0.125. The normalized spacial score (nSPS) is 16.5. The number of rotatable bonds is 5. The number of pyridine rings is 1. The second-order valence-electron chi connectivity index (χ2n) is 7.61. The smallest absolute Gasteiger partial charge is 0.252 e. The van der Waals surface area contributed by atoms with Crippen LogP contribution in [0.2, 0.25) is 0 Å². The number of morpholine rings is 1. The van der Waals surface area contributed by atoms with Crippen LogP contribution in [0.3, 0.4) is 0 Å². The lowest BCUT2D eigenvalue weighted by molar-refractivity contribution is 0.0730. The molecular weight excluding hydrogens is 432 g/mol. The first-order chi connectivity index (χ1) is 15.4. The van der Waals surface area contributed by atoms with Crippen LogP contribution in [0.4, 0.5) is 11.4 Å². The van der Waals surface area contributed by atoms with Gasteiger partial charge in [0.15, 0.2) is 0 Å². The van der Waals surface area contributed by atoms with E-state index in [4.69, 9.17) is 15.2 Å². The summed E-state index contributed by atoms with van der Waals surface area (Å²) in [7, 11) is -3.72. The summed E-state index contributed by atoms with van der Waals surface area (Å²) >= 11 is 0. The minimum Gasteiger partial charge on any atom is -0.493 e. The molecule has 166 valence electrons. The van der Waals surface area contributed by atoms with Gasteiger partial charge in [-0.3, -0.25) is 9.78 Å². The first-order valence-corrected chi connectivity index (χ1v) is 11.7. The summed E-state index contributed by atoms with van der Waals surface area (Å²) in [6, 6.07) is 10.3. The third-order valence-electron chi connectivity index (χ3n) is 5.72. The monoisotopic (exact) mass is 454 g/mol. The van der Waals surface area contributed by atoms with Crippen LogP contribution in [-0.2, 0) is 21.2 Å². The van der Waals surface area contributed by atoms with Gasteiger partial charge in [0.05, 0.1) is 41.5 Å². The molecule has 2 aliphatic heterocycles. The van der Waals surface area contributed by atoms with E-state index in [-0.39, 0.29) is 10.5 Å². The Morgan fingerprint density at radius 3 is 2.72 bits per heavy atom. The largest absolute Gasteiger partial charge is 0.493 e. The van der Waals surface area contributed by atoms with Crippen molar-refractivity contribution in [1.82, 2.24) is 9.29 Å². The molecule has 1 amide bonds.